The van der Waals surface area contributed by atoms with Crippen molar-refractivity contribution in [3.8, 4) is 0 Å². The minimum Gasteiger partial charge on any atom is -0.372 e. The molecule has 1 rings (SSSR count). The molecule has 3 unspecified atom stereocenters. The van der Waals surface area contributed by atoms with Gasteiger partial charge in [0.1, 0.15) is 12.1 Å². The first kappa shape index (κ1) is 19.7. The molecule has 0 spiro atoms. The molecule has 0 bridgehead atoms. The van der Waals surface area contributed by atoms with Gasteiger partial charge in [0.2, 0.25) is 11.8 Å². The molecule has 0 aromatic heterocycles. The molecule has 3 atom stereocenters. The van der Waals surface area contributed by atoms with Crippen molar-refractivity contribution in [1.29, 1.82) is 0 Å². The zero-order chi connectivity index (χ0) is 17.1. The molecule has 0 aromatic rings. The predicted octanol–water partition coefficient (Wildman–Crippen LogP) is 2.56. The maximum absolute atomic E-state index is 12.3. The van der Waals surface area contributed by atoms with Gasteiger partial charge >= 0.3 is 0 Å². The van der Waals surface area contributed by atoms with E-state index in [-0.39, 0.29) is 11.8 Å². The van der Waals surface area contributed by atoms with Crippen LogP contribution >= 0.6 is 0 Å². The van der Waals surface area contributed by atoms with Gasteiger partial charge in [-0.1, -0.05) is 32.4 Å². The fourth-order valence-corrected chi connectivity index (χ4v) is 2.58. The van der Waals surface area contributed by atoms with Crippen molar-refractivity contribution < 1.29 is 14.3 Å². The number of rotatable bonds is 9. The molecule has 23 heavy (non-hydrogen) atoms. The Morgan fingerprint density at radius 1 is 1.48 bits per heavy atom. The molecule has 1 heterocycles. The highest BCUT2D eigenvalue weighted by atomic mass is 16.5. The second-order valence-corrected chi connectivity index (χ2v) is 6.32. The first-order chi connectivity index (χ1) is 11.1. The van der Waals surface area contributed by atoms with Gasteiger partial charge in [0, 0.05) is 13.7 Å². The number of allylic oxidation sites excluding steroid dienone is 2. The molecular weight excluding hydrogens is 292 g/mol. The number of unbranched alkanes of at least 4 members (excludes halogenated alkanes) is 1. The minimum absolute atomic E-state index is 0.0813. The second-order valence-electron chi connectivity index (χ2n) is 6.32. The van der Waals surface area contributed by atoms with E-state index in [9.17, 15) is 9.59 Å². The van der Waals surface area contributed by atoms with Crippen LogP contribution in [0.4, 0.5) is 0 Å². The van der Waals surface area contributed by atoms with Gasteiger partial charge in [-0.2, -0.15) is 0 Å². The van der Waals surface area contributed by atoms with E-state index >= 15 is 0 Å². The largest absolute Gasteiger partial charge is 0.372 e. The maximum Gasteiger partial charge on any atom is 0.249 e. The summed E-state index contributed by atoms with van der Waals surface area (Å²) in [6, 6.07) is -0.423. The van der Waals surface area contributed by atoms with Gasteiger partial charge in [-0.3, -0.25) is 9.59 Å². The summed E-state index contributed by atoms with van der Waals surface area (Å²) in [6.07, 6.45) is 10.2. The molecule has 1 aliphatic heterocycles. The third kappa shape index (κ3) is 7.64. The topological polar surface area (TPSA) is 67.4 Å². The van der Waals surface area contributed by atoms with E-state index in [1.807, 2.05) is 0 Å². The molecule has 0 saturated carbocycles. The molecule has 2 amide bonds. The van der Waals surface area contributed by atoms with Crippen LogP contribution in [0.3, 0.4) is 0 Å². The molecule has 1 aliphatic rings. The minimum atomic E-state index is -0.483. The fourth-order valence-electron chi connectivity index (χ4n) is 2.58. The van der Waals surface area contributed by atoms with Gasteiger partial charge in [-0.15, -0.1) is 0 Å². The SMILES string of the molecule is CCC(C)/C=C/CCCC(OC)C(=O)NC1CCCCNC1=O. The van der Waals surface area contributed by atoms with Crippen molar-refractivity contribution in [3.63, 3.8) is 0 Å². The Labute approximate surface area is 140 Å². The van der Waals surface area contributed by atoms with Crippen LogP contribution in [0.5, 0.6) is 0 Å². The zero-order valence-electron chi connectivity index (χ0n) is 14.8. The molecule has 1 fully saturated rings. The van der Waals surface area contributed by atoms with Crippen LogP contribution < -0.4 is 10.6 Å². The van der Waals surface area contributed by atoms with Crippen LogP contribution in [-0.2, 0) is 14.3 Å². The van der Waals surface area contributed by atoms with Crippen molar-refractivity contribution in [3.05, 3.63) is 12.2 Å². The lowest BCUT2D eigenvalue weighted by Gasteiger charge is -2.20. The summed E-state index contributed by atoms with van der Waals surface area (Å²) >= 11 is 0. The summed E-state index contributed by atoms with van der Waals surface area (Å²) in [5.41, 5.74) is 0. The lowest BCUT2D eigenvalue weighted by atomic mass is 10.1. The van der Waals surface area contributed by atoms with Gasteiger partial charge in [-0.25, -0.2) is 0 Å². The Morgan fingerprint density at radius 2 is 2.26 bits per heavy atom. The molecule has 5 heteroatoms. The predicted molar refractivity (Wildman–Crippen MR) is 92.0 cm³/mol. The monoisotopic (exact) mass is 324 g/mol. The normalized spacial score (nSPS) is 21.5. The second kappa shape index (κ2) is 11.2. The number of carbonyl (C=O) groups is 2. The molecular formula is C18H32N2O3. The summed E-state index contributed by atoms with van der Waals surface area (Å²) < 4.78 is 5.30. The van der Waals surface area contributed by atoms with Crippen molar-refractivity contribution in [2.24, 2.45) is 5.92 Å². The van der Waals surface area contributed by atoms with Gasteiger partial charge < -0.3 is 15.4 Å². The van der Waals surface area contributed by atoms with Crippen LogP contribution in [0.25, 0.3) is 0 Å². The van der Waals surface area contributed by atoms with Crippen molar-refractivity contribution in [2.75, 3.05) is 13.7 Å². The standard InChI is InChI=1S/C18H32N2O3/c1-4-14(2)10-6-5-7-12-16(23-3)18(22)20-15-11-8-9-13-19-17(15)21/h6,10,14-16H,4-5,7-9,11-13H2,1-3H3,(H,19,21)(H,20,22)/b10-6+. The summed E-state index contributed by atoms with van der Waals surface area (Å²) in [5, 5.41) is 5.66. The Kier molecular flexibility index (Phi) is 9.60. The van der Waals surface area contributed by atoms with Crippen LogP contribution in [0.2, 0.25) is 0 Å². The van der Waals surface area contributed by atoms with E-state index in [1.165, 1.54) is 0 Å². The Bertz CT molecular complexity index is 396. The molecule has 0 aliphatic carbocycles. The van der Waals surface area contributed by atoms with Crippen molar-refractivity contribution in [2.45, 2.75) is 70.9 Å². The Balaban J connectivity index is 2.36. The molecule has 1 saturated heterocycles. The summed E-state index contributed by atoms with van der Waals surface area (Å²) in [7, 11) is 1.55. The quantitative estimate of drug-likeness (QED) is 0.506. The van der Waals surface area contributed by atoms with E-state index in [0.717, 1.165) is 32.1 Å². The number of methoxy groups -OCH3 is 1. The molecule has 0 radical (unpaired) electrons. The first-order valence-electron chi connectivity index (χ1n) is 8.86. The number of carbonyl (C=O) groups excluding carboxylic acids is 2. The summed E-state index contributed by atoms with van der Waals surface area (Å²) in [4.78, 5) is 24.2. The highest BCUT2D eigenvalue weighted by Crippen LogP contribution is 2.10. The fraction of sp³-hybridized carbons (Fsp3) is 0.778. The van der Waals surface area contributed by atoms with E-state index in [2.05, 4.69) is 36.6 Å². The summed E-state index contributed by atoms with van der Waals surface area (Å²) in [6.45, 7) is 5.06. The maximum atomic E-state index is 12.3. The average Bonchev–Trinajstić information content (AvgIpc) is 2.75. The van der Waals surface area contributed by atoms with Crippen molar-refractivity contribution in [1.82, 2.24) is 10.6 Å². The van der Waals surface area contributed by atoms with E-state index < -0.39 is 12.1 Å². The number of ether oxygens (including phenoxy) is 1. The lowest BCUT2D eigenvalue weighted by molar-refractivity contribution is -0.135. The van der Waals surface area contributed by atoms with Gasteiger partial charge in [0.15, 0.2) is 0 Å². The highest BCUT2D eigenvalue weighted by Gasteiger charge is 2.26. The number of hydrogen-bond acceptors (Lipinski definition) is 3. The van der Waals surface area contributed by atoms with Gasteiger partial charge in [0.25, 0.3) is 0 Å². The van der Waals surface area contributed by atoms with E-state index in [1.54, 1.807) is 7.11 Å². The molecule has 0 aromatic carbocycles. The van der Waals surface area contributed by atoms with Crippen LogP contribution in [0.1, 0.15) is 58.8 Å². The first-order valence-corrected chi connectivity index (χ1v) is 8.86. The van der Waals surface area contributed by atoms with Crippen molar-refractivity contribution >= 4 is 11.8 Å². The highest BCUT2D eigenvalue weighted by molar-refractivity contribution is 5.89. The van der Waals surface area contributed by atoms with Gasteiger partial charge in [0.05, 0.1) is 0 Å². The third-order valence-electron chi connectivity index (χ3n) is 4.37. The van der Waals surface area contributed by atoms with Crippen LogP contribution in [0.15, 0.2) is 12.2 Å². The Hall–Kier alpha value is -1.36. The van der Waals surface area contributed by atoms with E-state index in [4.69, 9.17) is 4.74 Å². The van der Waals surface area contributed by atoms with Crippen LogP contribution in [-0.4, -0.2) is 37.6 Å². The lowest BCUT2D eigenvalue weighted by Crippen LogP contribution is -2.49. The molecule has 132 valence electrons. The average molecular weight is 324 g/mol. The summed E-state index contributed by atoms with van der Waals surface area (Å²) in [5.74, 6) is 0.341. The number of hydrogen-bond donors (Lipinski definition) is 2. The smallest absolute Gasteiger partial charge is 0.249 e. The molecule has 2 N–H and O–H groups in total. The van der Waals surface area contributed by atoms with Crippen LogP contribution in [0, 0.1) is 5.92 Å². The van der Waals surface area contributed by atoms with Gasteiger partial charge in [-0.05, 0) is 44.4 Å². The number of nitrogens with one attached hydrogen (secondary N) is 2. The Morgan fingerprint density at radius 3 is 2.96 bits per heavy atom. The zero-order valence-corrected chi connectivity index (χ0v) is 14.8. The van der Waals surface area contributed by atoms with E-state index in [0.29, 0.717) is 25.3 Å². The molecule has 5 nitrogen and oxygen atoms in total. The third-order valence-corrected chi connectivity index (χ3v) is 4.37. The number of amides is 2.